The van der Waals surface area contributed by atoms with E-state index in [0.29, 0.717) is 18.9 Å². The van der Waals surface area contributed by atoms with Crippen molar-refractivity contribution >= 4 is 5.91 Å². The molecule has 2 aromatic rings. The van der Waals surface area contributed by atoms with Crippen LogP contribution in [0.25, 0.3) is 0 Å². The third kappa shape index (κ3) is 4.51. The number of hydrogen-bond donors (Lipinski definition) is 1. The summed E-state index contributed by atoms with van der Waals surface area (Å²) in [7, 11) is 0. The number of carbonyl (C=O) groups excluding carboxylic acids is 1. The standard InChI is InChI=1S/C25H32FN3O2/c1-4-31-17-25(12-11-18-7-9-19(26)10-8-18)13-15-29(16-25)22-20-6-5-14-27-21(20)23(30)28-24(22,2)3/h5-10,14,22H,4,11-13,15-17H2,1-3H3,(H,28,30)/t22?,25-/m1/s1. The number of pyridine rings is 1. The maximum Gasteiger partial charge on any atom is 0.270 e. The minimum Gasteiger partial charge on any atom is -0.381 e. The Morgan fingerprint density at radius 2 is 2.03 bits per heavy atom. The first-order chi connectivity index (χ1) is 14.8. The maximum atomic E-state index is 13.3. The van der Waals surface area contributed by atoms with E-state index in [1.807, 2.05) is 31.2 Å². The van der Waals surface area contributed by atoms with E-state index in [1.54, 1.807) is 6.20 Å². The first kappa shape index (κ1) is 21.9. The molecule has 0 radical (unpaired) electrons. The molecule has 6 heteroatoms. The van der Waals surface area contributed by atoms with Gasteiger partial charge >= 0.3 is 0 Å². The van der Waals surface area contributed by atoms with Crippen LogP contribution in [0.4, 0.5) is 4.39 Å². The fourth-order valence-corrected chi connectivity index (χ4v) is 5.25. The van der Waals surface area contributed by atoms with E-state index in [-0.39, 0.29) is 23.2 Å². The number of carbonyl (C=O) groups is 1. The van der Waals surface area contributed by atoms with Crippen molar-refractivity contribution in [1.82, 2.24) is 15.2 Å². The number of aromatic nitrogens is 1. The number of likely N-dealkylation sites (tertiary alicyclic amines) is 1. The Hall–Kier alpha value is -2.31. The van der Waals surface area contributed by atoms with Gasteiger partial charge in [0, 0.05) is 30.3 Å². The molecule has 3 heterocycles. The first-order valence-electron chi connectivity index (χ1n) is 11.2. The van der Waals surface area contributed by atoms with Crippen LogP contribution in [-0.4, -0.2) is 47.6 Å². The number of rotatable bonds is 7. The zero-order chi connectivity index (χ0) is 22.1. The Kier molecular flexibility index (Phi) is 6.13. The minimum absolute atomic E-state index is 0.0320. The predicted octanol–water partition coefficient (Wildman–Crippen LogP) is 4.15. The normalized spacial score (nSPS) is 25.3. The van der Waals surface area contributed by atoms with Gasteiger partial charge in [0.1, 0.15) is 11.5 Å². The minimum atomic E-state index is -0.397. The zero-order valence-corrected chi connectivity index (χ0v) is 18.7. The SMILES string of the molecule is CCOC[C@]1(CCc2ccc(F)cc2)CCN(C2c3cccnc3C(=O)NC2(C)C)C1. The molecule has 0 saturated carbocycles. The Labute approximate surface area is 184 Å². The van der Waals surface area contributed by atoms with Crippen LogP contribution < -0.4 is 5.32 Å². The topological polar surface area (TPSA) is 54.5 Å². The van der Waals surface area contributed by atoms with Crippen LogP contribution in [0.5, 0.6) is 0 Å². The number of ether oxygens (including phenoxy) is 1. The average Bonchev–Trinajstić information content (AvgIpc) is 3.15. The number of benzene rings is 1. The van der Waals surface area contributed by atoms with Crippen LogP contribution in [0.15, 0.2) is 42.6 Å². The van der Waals surface area contributed by atoms with Gasteiger partial charge in [0.25, 0.3) is 5.91 Å². The average molecular weight is 426 g/mol. The van der Waals surface area contributed by atoms with Crippen LogP contribution in [0.3, 0.4) is 0 Å². The van der Waals surface area contributed by atoms with E-state index in [2.05, 4.69) is 29.0 Å². The Balaban J connectivity index is 1.57. The summed E-state index contributed by atoms with van der Waals surface area (Å²) >= 11 is 0. The Morgan fingerprint density at radius 3 is 2.77 bits per heavy atom. The fraction of sp³-hybridized carbons (Fsp3) is 0.520. The van der Waals surface area contributed by atoms with E-state index >= 15 is 0 Å². The molecule has 1 fully saturated rings. The molecule has 2 atom stereocenters. The molecule has 2 aliphatic heterocycles. The van der Waals surface area contributed by atoms with E-state index in [9.17, 15) is 9.18 Å². The lowest BCUT2D eigenvalue weighted by Crippen LogP contribution is -2.57. The molecule has 1 unspecified atom stereocenters. The van der Waals surface area contributed by atoms with E-state index in [4.69, 9.17) is 4.74 Å². The van der Waals surface area contributed by atoms with Crippen molar-refractivity contribution in [2.45, 2.75) is 51.6 Å². The molecule has 1 amide bonds. The van der Waals surface area contributed by atoms with Crippen molar-refractivity contribution in [2.24, 2.45) is 5.41 Å². The second kappa shape index (κ2) is 8.67. The fourth-order valence-electron chi connectivity index (χ4n) is 5.25. The van der Waals surface area contributed by atoms with Crippen molar-refractivity contribution in [3.63, 3.8) is 0 Å². The third-order valence-electron chi connectivity index (χ3n) is 6.77. The number of nitrogens with zero attached hydrogens (tertiary/aromatic N) is 2. The van der Waals surface area contributed by atoms with Crippen molar-refractivity contribution in [1.29, 1.82) is 0 Å². The highest BCUT2D eigenvalue weighted by Gasteiger charge is 2.48. The van der Waals surface area contributed by atoms with Gasteiger partial charge in [0.05, 0.1) is 18.2 Å². The zero-order valence-electron chi connectivity index (χ0n) is 18.7. The number of nitrogens with one attached hydrogen (secondary N) is 1. The van der Waals surface area contributed by atoms with Crippen LogP contribution in [-0.2, 0) is 11.2 Å². The maximum absolute atomic E-state index is 13.3. The van der Waals surface area contributed by atoms with Crippen LogP contribution in [0.2, 0.25) is 0 Å². The molecular formula is C25H32FN3O2. The lowest BCUT2D eigenvalue weighted by molar-refractivity contribution is 0.0376. The van der Waals surface area contributed by atoms with Gasteiger partial charge in [-0.15, -0.1) is 0 Å². The van der Waals surface area contributed by atoms with Gasteiger partial charge in [-0.2, -0.15) is 0 Å². The molecule has 2 aliphatic rings. The molecular weight excluding hydrogens is 393 g/mol. The summed E-state index contributed by atoms with van der Waals surface area (Å²) in [6, 6.07) is 10.8. The number of hydrogen-bond acceptors (Lipinski definition) is 4. The lowest BCUT2D eigenvalue weighted by atomic mass is 9.80. The number of halogens is 1. The molecule has 4 rings (SSSR count). The monoisotopic (exact) mass is 425 g/mol. The van der Waals surface area contributed by atoms with Gasteiger partial charge < -0.3 is 10.1 Å². The highest BCUT2D eigenvalue weighted by atomic mass is 19.1. The number of fused-ring (bicyclic) bond motifs is 1. The molecule has 0 spiro atoms. The van der Waals surface area contributed by atoms with Gasteiger partial charge in [-0.1, -0.05) is 18.2 Å². The molecule has 0 aliphatic carbocycles. The molecule has 0 bridgehead atoms. The van der Waals surface area contributed by atoms with Gasteiger partial charge in [-0.25, -0.2) is 4.39 Å². The van der Waals surface area contributed by atoms with Crippen LogP contribution in [0.1, 0.15) is 61.3 Å². The Bertz CT molecular complexity index is 931. The molecule has 31 heavy (non-hydrogen) atoms. The lowest BCUT2D eigenvalue weighted by Gasteiger charge is -2.45. The third-order valence-corrected chi connectivity index (χ3v) is 6.77. The van der Waals surface area contributed by atoms with Gasteiger partial charge in [0.2, 0.25) is 0 Å². The van der Waals surface area contributed by atoms with Crippen molar-refractivity contribution in [3.8, 4) is 0 Å². The number of amides is 1. The van der Waals surface area contributed by atoms with Crippen molar-refractivity contribution in [3.05, 3.63) is 65.2 Å². The summed E-state index contributed by atoms with van der Waals surface area (Å²) in [5.74, 6) is -0.304. The van der Waals surface area contributed by atoms with Crippen molar-refractivity contribution < 1.29 is 13.9 Å². The first-order valence-corrected chi connectivity index (χ1v) is 11.2. The van der Waals surface area contributed by atoms with Crippen molar-refractivity contribution in [2.75, 3.05) is 26.3 Å². The Morgan fingerprint density at radius 1 is 1.26 bits per heavy atom. The summed E-state index contributed by atoms with van der Waals surface area (Å²) in [5, 5.41) is 3.16. The summed E-state index contributed by atoms with van der Waals surface area (Å²) < 4.78 is 19.2. The second-order valence-electron chi connectivity index (χ2n) is 9.50. The van der Waals surface area contributed by atoms with Gasteiger partial charge in [0.15, 0.2) is 0 Å². The van der Waals surface area contributed by atoms with Crippen LogP contribution >= 0.6 is 0 Å². The van der Waals surface area contributed by atoms with Crippen LogP contribution in [0, 0.1) is 11.2 Å². The molecule has 1 aromatic carbocycles. The summed E-state index contributed by atoms with van der Waals surface area (Å²) in [4.78, 5) is 19.4. The van der Waals surface area contributed by atoms with E-state index in [0.717, 1.165) is 43.5 Å². The smallest absolute Gasteiger partial charge is 0.270 e. The molecule has 166 valence electrons. The highest BCUT2D eigenvalue weighted by Crippen LogP contribution is 2.44. The molecule has 1 N–H and O–H groups in total. The van der Waals surface area contributed by atoms with Gasteiger partial charge in [-0.3, -0.25) is 14.7 Å². The largest absolute Gasteiger partial charge is 0.381 e. The second-order valence-corrected chi connectivity index (χ2v) is 9.50. The molecule has 1 saturated heterocycles. The molecule has 5 nitrogen and oxygen atoms in total. The van der Waals surface area contributed by atoms with Gasteiger partial charge in [-0.05, 0) is 70.3 Å². The molecule has 1 aromatic heterocycles. The summed E-state index contributed by atoms with van der Waals surface area (Å²) in [6.07, 6.45) is 4.59. The summed E-state index contributed by atoms with van der Waals surface area (Å²) in [6.45, 7) is 9.44. The number of aryl methyl sites for hydroxylation is 1. The van der Waals surface area contributed by atoms with E-state index < -0.39 is 5.54 Å². The summed E-state index contributed by atoms with van der Waals surface area (Å²) in [5.41, 5.74) is 2.31. The predicted molar refractivity (Wildman–Crippen MR) is 118 cm³/mol. The quantitative estimate of drug-likeness (QED) is 0.724. The van der Waals surface area contributed by atoms with E-state index in [1.165, 1.54) is 12.1 Å². The highest BCUT2D eigenvalue weighted by molar-refractivity contribution is 5.95.